The largest absolute Gasteiger partial charge is 0.426 e. The summed E-state index contributed by atoms with van der Waals surface area (Å²) in [6.45, 7) is 12.9. The lowest BCUT2D eigenvalue weighted by Crippen LogP contribution is -2.47. The first-order valence-electron chi connectivity index (χ1n) is 22.4. The Hall–Kier alpha value is -3.56. The van der Waals surface area contributed by atoms with Crippen LogP contribution in [0, 0.1) is 58.7 Å². The van der Waals surface area contributed by atoms with Gasteiger partial charge in [-0.15, -0.1) is 0 Å². The topological polar surface area (TPSA) is 127 Å². The van der Waals surface area contributed by atoms with Gasteiger partial charge in [-0.05, 0) is 151 Å². The van der Waals surface area contributed by atoms with Crippen LogP contribution in [0.25, 0.3) is 0 Å². The molecule has 0 radical (unpaired) electrons. The van der Waals surface area contributed by atoms with Crippen molar-refractivity contribution in [3.05, 3.63) is 24.3 Å². The van der Waals surface area contributed by atoms with Crippen molar-refractivity contribution >= 4 is 35.6 Å². The first-order valence-corrected chi connectivity index (χ1v) is 22.4. The summed E-state index contributed by atoms with van der Waals surface area (Å²) in [5, 5.41) is 0. The highest BCUT2D eigenvalue weighted by molar-refractivity contribution is 6.06. The van der Waals surface area contributed by atoms with Crippen molar-refractivity contribution in [1.29, 1.82) is 0 Å². The lowest BCUT2D eigenvalue weighted by Gasteiger charge is -2.40. The Morgan fingerprint density at radius 1 is 0.579 bits per heavy atom. The van der Waals surface area contributed by atoms with Gasteiger partial charge >= 0.3 is 11.9 Å². The van der Waals surface area contributed by atoms with Gasteiger partial charge in [-0.25, -0.2) is 0 Å². The lowest BCUT2D eigenvalue weighted by atomic mass is 9.66. The molecule has 7 rings (SSSR count). The summed E-state index contributed by atoms with van der Waals surface area (Å²) in [6, 6.07) is 6.27. The summed E-state index contributed by atoms with van der Waals surface area (Å²) in [4.78, 5) is 83.3. The molecule has 1 aromatic rings. The van der Waals surface area contributed by atoms with Gasteiger partial charge in [0.1, 0.15) is 11.5 Å². The maximum Gasteiger partial charge on any atom is 0.314 e. The molecule has 0 spiro atoms. The molecular formula is C47H66N2O8. The Balaban J connectivity index is 0.858. The zero-order valence-corrected chi connectivity index (χ0v) is 35.3. The fourth-order valence-corrected chi connectivity index (χ4v) is 11.5. The summed E-state index contributed by atoms with van der Waals surface area (Å²) in [6.07, 6.45) is 15.0. The van der Waals surface area contributed by atoms with Crippen LogP contribution in [0.3, 0.4) is 0 Å². The van der Waals surface area contributed by atoms with Crippen LogP contribution in [0.5, 0.6) is 11.5 Å². The number of hydrogen-bond acceptors (Lipinski definition) is 8. The summed E-state index contributed by atoms with van der Waals surface area (Å²) in [7, 11) is 0. The van der Waals surface area contributed by atoms with E-state index in [1.807, 2.05) is 20.8 Å². The molecule has 6 aliphatic rings. The molecule has 2 saturated heterocycles. The fraction of sp³-hybridized carbons (Fsp3) is 0.745. The normalized spacial score (nSPS) is 33.6. The molecule has 0 N–H and O–H groups in total. The van der Waals surface area contributed by atoms with E-state index in [0.717, 1.165) is 37.5 Å². The van der Waals surface area contributed by atoms with E-state index in [0.29, 0.717) is 61.4 Å². The molecule has 2 aliphatic heterocycles. The van der Waals surface area contributed by atoms with Crippen LogP contribution in [0.1, 0.15) is 151 Å². The third-order valence-electron chi connectivity index (χ3n) is 16.0. The third-order valence-corrected chi connectivity index (χ3v) is 16.0. The van der Waals surface area contributed by atoms with E-state index in [-0.39, 0.29) is 47.9 Å². The van der Waals surface area contributed by atoms with Crippen LogP contribution in [-0.2, 0) is 28.8 Å². The number of hydrogen-bond donors (Lipinski definition) is 0. The van der Waals surface area contributed by atoms with Crippen molar-refractivity contribution in [3.8, 4) is 11.5 Å². The van der Waals surface area contributed by atoms with Gasteiger partial charge < -0.3 is 9.47 Å². The quantitative estimate of drug-likeness (QED) is 0.124. The first kappa shape index (κ1) is 41.6. The minimum Gasteiger partial charge on any atom is -0.426 e. The molecule has 2 heterocycles. The van der Waals surface area contributed by atoms with Crippen molar-refractivity contribution in [2.75, 3.05) is 0 Å². The van der Waals surface area contributed by atoms with Gasteiger partial charge in [-0.2, -0.15) is 0 Å². The van der Waals surface area contributed by atoms with Crippen LogP contribution in [-0.4, -0.2) is 56.9 Å². The Morgan fingerprint density at radius 3 is 1.51 bits per heavy atom. The maximum atomic E-state index is 13.8. The van der Waals surface area contributed by atoms with Gasteiger partial charge in [0, 0.05) is 11.6 Å². The molecule has 0 aromatic heterocycles. The predicted molar refractivity (Wildman–Crippen MR) is 214 cm³/mol. The molecule has 6 atom stereocenters. The van der Waals surface area contributed by atoms with Crippen molar-refractivity contribution in [2.45, 2.75) is 162 Å². The van der Waals surface area contributed by atoms with Crippen molar-refractivity contribution < 1.29 is 38.2 Å². The molecule has 4 amide bonds. The summed E-state index contributed by atoms with van der Waals surface area (Å²) >= 11 is 0. The number of benzene rings is 1. The summed E-state index contributed by atoms with van der Waals surface area (Å²) in [5.41, 5.74) is -0.131. The Kier molecular flexibility index (Phi) is 12.1. The second-order valence-electron chi connectivity index (χ2n) is 20.0. The van der Waals surface area contributed by atoms with Crippen LogP contribution in [0.4, 0.5) is 0 Å². The zero-order valence-electron chi connectivity index (χ0n) is 35.3. The highest BCUT2D eigenvalue weighted by Gasteiger charge is 2.55. The van der Waals surface area contributed by atoms with Crippen molar-refractivity contribution in [2.24, 2.45) is 58.7 Å². The van der Waals surface area contributed by atoms with E-state index >= 15 is 0 Å². The van der Waals surface area contributed by atoms with E-state index in [9.17, 15) is 28.8 Å². The molecular weight excluding hydrogens is 721 g/mol. The number of carbonyl (C=O) groups excluding carboxylic acids is 6. The van der Waals surface area contributed by atoms with Gasteiger partial charge in [0.25, 0.3) is 0 Å². The number of carbonyl (C=O) groups is 6. The molecule has 6 fully saturated rings. The number of ether oxygens (including phenoxy) is 2. The molecule has 4 saturated carbocycles. The second kappa shape index (κ2) is 16.6. The molecule has 312 valence electrons. The summed E-state index contributed by atoms with van der Waals surface area (Å²) in [5.74, 6) is -1.07. The van der Waals surface area contributed by atoms with Gasteiger partial charge in [-0.3, -0.25) is 38.6 Å². The Labute approximate surface area is 339 Å². The van der Waals surface area contributed by atoms with Crippen LogP contribution in [0.2, 0.25) is 0 Å². The fourth-order valence-electron chi connectivity index (χ4n) is 11.5. The Morgan fingerprint density at radius 2 is 1.02 bits per heavy atom. The number of amides is 4. The molecule has 10 nitrogen and oxygen atoms in total. The number of esters is 2. The maximum absolute atomic E-state index is 13.8. The van der Waals surface area contributed by atoms with Gasteiger partial charge in [0.15, 0.2) is 0 Å². The minimum atomic E-state index is -0.565. The number of rotatable bonds is 11. The smallest absolute Gasteiger partial charge is 0.314 e. The van der Waals surface area contributed by atoms with E-state index in [1.165, 1.54) is 43.4 Å². The monoisotopic (exact) mass is 786 g/mol. The average molecular weight is 787 g/mol. The zero-order chi connectivity index (χ0) is 40.8. The van der Waals surface area contributed by atoms with Crippen LogP contribution in [0.15, 0.2) is 24.3 Å². The highest BCUT2D eigenvalue weighted by Crippen LogP contribution is 2.48. The molecule has 57 heavy (non-hydrogen) atoms. The SMILES string of the molecule is CCC(C)(C)C1CCC(CC2CCC(N3C(=O)C4CCC(C(=O)Oc5ccc(OC(=O)C6CCC7C(=O)N(C(C)(C)CC)C(=O)C7C6)cc5)CC4C3=O)CC2)CC1. The summed E-state index contributed by atoms with van der Waals surface area (Å²) < 4.78 is 11.4. The second-order valence-corrected chi connectivity index (χ2v) is 20.0. The van der Waals surface area contributed by atoms with E-state index < -0.39 is 41.1 Å². The van der Waals surface area contributed by atoms with Gasteiger partial charge in [0.2, 0.25) is 23.6 Å². The van der Waals surface area contributed by atoms with Gasteiger partial charge in [0.05, 0.1) is 35.5 Å². The minimum absolute atomic E-state index is 0.0287. The third kappa shape index (κ3) is 8.35. The van der Waals surface area contributed by atoms with Gasteiger partial charge in [-0.1, -0.05) is 47.0 Å². The Bertz CT molecular complexity index is 1700. The van der Waals surface area contributed by atoms with Crippen molar-refractivity contribution in [1.82, 2.24) is 9.80 Å². The van der Waals surface area contributed by atoms with Crippen molar-refractivity contribution in [3.63, 3.8) is 0 Å². The van der Waals surface area contributed by atoms with Crippen LogP contribution < -0.4 is 9.47 Å². The number of likely N-dealkylation sites (tertiary alicyclic amines) is 2. The van der Waals surface area contributed by atoms with E-state index in [4.69, 9.17) is 9.47 Å². The number of nitrogens with zero attached hydrogens (tertiary/aromatic N) is 2. The predicted octanol–water partition coefficient (Wildman–Crippen LogP) is 8.68. The lowest BCUT2D eigenvalue weighted by molar-refractivity contribution is -0.147. The number of fused-ring (bicyclic) bond motifs is 2. The first-order chi connectivity index (χ1) is 27.1. The molecule has 10 heteroatoms. The van der Waals surface area contributed by atoms with E-state index in [2.05, 4.69) is 20.8 Å². The highest BCUT2D eigenvalue weighted by atomic mass is 16.5. The molecule has 0 bridgehead atoms. The van der Waals surface area contributed by atoms with E-state index in [1.54, 1.807) is 29.2 Å². The standard InChI is InChI=1S/C47H66N2O8/c1-7-46(3,4)32-15-9-28(10-16-32)25-29-11-17-33(18-12-29)48-40(50)36-23-13-30(26-38(36)41(48)51)44(54)56-34-19-21-35(22-20-34)57-45(55)31-14-24-37-39(27-31)43(53)49(42(37)52)47(5,6)8-2/h19-22,28-33,36-39H,7-18,23-27H2,1-6H3. The van der Waals surface area contributed by atoms with Crippen LogP contribution >= 0.6 is 0 Å². The molecule has 4 aliphatic carbocycles. The molecule has 6 unspecified atom stereocenters. The average Bonchev–Trinajstić information content (AvgIpc) is 3.62. The number of imide groups is 2. The molecule has 1 aromatic carbocycles.